The van der Waals surface area contributed by atoms with E-state index in [0.29, 0.717) is 30.3 Å². The van der Waals surface area contributed by atoms with Crippen molar-refractivity contribution < 1.29 is 8.42 Å². The molecule has 0 radical (unpaired) electrons. The van der Waals surface area contributed by atoms with Gasteiger partial charge in [0.05, 0.1) is 4.90 Å². The van der Waals surface area contributed by atoms with Crippen LogP contribution >= 0.6 is 0 Å². The van der Waals surface area contributed by atoms with Crippen LogP contribution in [0.15, 0.2) is 83.8 Å². The first-order valence-corrected chi connectivity index (χ1v) is 14.1. The minimum atomic E-state index is -3.52. The molecule has 0 amide bonds. The SMILES string of the molecule is Cc1ccccc1Cn1c(C)c(C2=CCN(S(=O)(=O)c3ccc(C(C)C)cc3)CC2)c2ccccc21. The molecular weight excluding hydrogens is 464 g/mol. The van der Waals surface area contributed by atoms with Gasteiger partial charge in [0.1, 0.15) is 0 Å². The van der Waals surface area contributed by atoms with Crippen molar-refractivity contribution in [2.24, 2.45) is 0 Å². The Morgan fingerprint density at radius 3 is 2.25 bits per heavy atom. The topological polar surface area (TPSA) is 42.3 Å². The van der Waals surface area contributed by atoms with E-state index in [9.17, 15) is 8.42 Å². The van der Waals surface area contributed by atoms with Gasteiger partial charge in [0, 0.05) is 41.8 Å². The third-order valence-electron chi connectivity index (χ3n) is 7.50. The Hall–Kier alpha value is -3.15. The van der Waals surface area contributed by atoms with Crippen molar-refractivity contribution >= 4 is 26.5 Å². The van der Waals surface area contributed by atoms with Crippen LogP contribution in [0, 0.1) is 13.8 Å². The van der Waals surface area contributed by atoms with Crippen molar-refractivity contribution in [1.82, 2.24) is 8.87 Å². The third kappa shape index (κ3) is 4.42. The molecule has 0 N–H and O–H groups in total. The van der Waals surface area contributed by atoms with E-state index in [1.54, 1.807) is 16.4 Å². The Morgan fingerprint density at radius 2 is 1.58 bits per heavy atom. The lowest BCUT2D eigenvalue weighted by molar-refractivity contribution is 0.441. The zero-order valence-electron chi connectivity index (χ0n) is 21.5. The first-order valence-electron chi connectivity index (χ1n) is 12.7. The van der Waals surface area contributed by atoms with Crippen LogP contribution in [0.25, 0.3) is 16.5 Å². The molecule has 1 aliphatic rings. The van der Waals surface area contributed by atoms with Gasteiger partial charge < -0.3 is 4.57 Å². The van der Waals surface area contributed by atoms with Gasteiger partial charge in [0.2, 0.25) is 10.0 Å². The second kappa shape index (κ2) is 9.72. The minimum absolute atomic E-state index is 0.370. The van der Waals surface area contributed by atoms with Gasteiger partial charge in [-0.25, -0.2) is 8.42 Å². The number of fused-ring (bicyclic) bond motifs is 1. The zero-order valence-corrected chi connectivity index (χ0v) is 22.3. The molecule has 0 aliphatic carbocycles. The van der Waals surface area contributed by atoms with Gasteiger partial charge in [-0.15, -0.1) is 0 Å². The van der Waals surface area contributed by atoms with Crippen LogP contribution in [-0.2, 0) is 16.6 Å². The molecule has 4 nitrogen and oxygen atoms in total. The molecule has 2 heterocycles. The van der Waals surface area contributed by atoms with Crippen LogP contribution in [0.1, 0.15) is 54.1 Å². The summed E-state index contributed by atoms with van der Waals surface area (Å²) in [6.45, 7) is 10.3. The van der Waals surface area contributed by atoms with E-state index in [1.165, 1.54) is 38.9 Å². The molecule has 5 heteroatoms. The zero-order chi connectivity index (χ0) is 25.4. The Labute approximate surface area is 214 Å². The summed E-state index contributed by atoms with van der Waals surface area (Å²) >= 11 is 0. The third-order valence-corrected chi connectivity index (χ3v) is 9.38. The number of aromatic nitrogens is 1. The average molecular weight is 499 g/mol. The lowest BCUT2D eigenvalue weighted by atomic mass is 9.97. The predicted molar refractivity (Wildman–Crippen MR) is 149 cm³/mol. The van der Waals surface area contributed by atoms with E-state index < -0.39 is 10.0 Å². The summed E-state index contributed by atoms with van der Waals surface area (Å²) in [5, 5.41) is 1.23. The summed E-state index contributed by atoms with van der Waals surface area (Å²) < 4.78 is 30.6. The maximum atomic E-state index is 13.3. The molecule has 4 aromatic rings. The minimum Gasteiger partial charge on any atom is -0.340 e. The molecule has 0 bridgehead atoms. The predicted octanol–water partition coefficient (Wildman–Crippen LogP) is 6.91. The summed E-state index contributed by atoms with van der Waals surface area (Å²) in [4.78, 5) is 0.370. The van der Waals surface area contributed by atoms with Crippen molar-refractivity contribution in [2.75, 3.05) is 13.1 Å². The van der Waals surface area contributed by atoms with Crippen LogP contribution in [0.4, 0.5) is 0 Å². The average Bonchev–Trinajstić information content (AvgIpc) is 3.16. The number of hydrogen-bond acceptors (Lipinski definition) is 2. The van der Waals surface area contributed by atoms with Gasteiger partial charge in [-0.05, 0) is 66.6 Å². The van der Waals surface area contributed by atoms with Gasteiger partial charge in [-0.1, -0.05) is 74.5 Å². The molecule has 5 rings (SSSR count). The Bertz CT molecular complexity index is 1540. The van der Waals surface area contributed by atoms with E-state index in [4.69, 9.17) is 0 Å². The van der Waals surface area contributed by atoms with E-state index >= 15 is 0 Å². The lowest BCUT2D eigenvalue weighted by Crippen LogP contribution is -2.34. The molecule has 0 unspecified atom stereocenters. The molecule has 0 spiro atoms. The molecule has 0 saturated carbocycles. The van der Waals surface area contributed by atoms with Crippen molar-refractivity contribution in [1.29, 1.82) is 0 Å². The summed E-state index contributed by atoms with van der Waals surface area (Å²) in [5.74, 6) is 0.374. The molecule has 0 fully saturated rings. The van der Waals surface area contributed by atoms with Gasteiger partial charge in [0.25, 0.3) is 0 Å². The maximum Gasteiger partial charge on any atom is 0.243 e. The van der Waals surface area contributed by atoms with E-state index in [2.05, 4.69) is 86.9 Å². The number of benzene rings is 3. The van der Waals surface area contributed by atoms with Crippen LogP contribution in [0.3, 0.4) is 0 Å². The summed E-state index contributed by atoms with van der Waals surface area (Å²) in [7, 11) is -3.52. The number of aryl methyl sites for hydroxylation is 1. The largest absolute Gasteiger partial charge is 0.340 e. The molecule has 1 aliphatic heterocycles. The first kappa shape index (κ1) is 24.5. The second-order valence-electron chi connectivity index (χ2n) is 10.1. The first-order chi connectivity index (χ1) is 17.3. The molecule has 3 aromatic carbocycles. The highest BCUT2D eigenvalue weighted by atomic mass is 32.2. The van der Waals surface area contributed by atoms with Crippen LogP contribution in [-0.4, -0.2) is 30.4 Å². The number of hydrogen-bond donors (Lipinski definition) is 0. The van der Waals surface area contributed by atoms with Crippen molar-refractivity contribution in [3.8, 4) is 0 Å². The normalized spacial score (nSPS) is 15.0. The highest BCUT2D eigenvalue weighted by Gasteiger charge is 2.28. The van der Waals surface area contributed by atoms with Crippen molar-refractivity contribution in [3.63, 3.8) is 0 Å². The number of para-hydroxylation sites is 1. The fourth-order valence-corrected chi connectivity index (χ4v) is 6.65. The highest BCUT2D eigenvalue weighted by Crippen LogP contribution is 2.36. The standard InChI is InChI=1S/C31H34N2O2S/c1-22(2)25-13-15-28(16-14-25)36(34,35)32-19-17-26(18-20-32)31-24(4)33(30-12-8-7-11-29(30)31)21-27-10-6-5-9-23(27)3/h5-17,22H,18-21H2,1-4H3. The number of rotatable bonds is 6. The molecule has 0 atom stereocenters. The molecule has 1 aromatic heterocycles. The molecular formula is C31H34N2O2S. The lowest BCUT2D eigenvalue weighted by Gasteiger charge is -2.26. The Balaban J connectivity index is 1.46. The van der Waals surface area contributed by atoms with Crippen LogP contribution in [0.5, 0.6) is 0 Å². The van der Waals surface area contributed by atoms with Gasteiger partial charge in [-0.3, -0.25) is 0 Å². The van der Waals surface area contributed by atoms with E-state index in [-0.39, 0.29) is 0 Å². The van der Waals surface area contributed by atoms with Gasteiger partial charge in [0.15, 0.2) is 0 Å². The highest BCUT2D eigenvalue weighted by molar-refractivity contribution is 7.89. The summed E-state index contributed by atoms with van der Waals surface area (Å²) in [6, 6.07) is 24.4. The maximum absolute atomic E-state index is 13.3. The number of sulfonamides is 1. The fourth-order valence-electron chi connectivity index (χ4n) is 5.27. The molecule has 36 heavy (non-hydrogen) atoms. The van der Waals surface area contributed by atoms with E-state index in [0.717, 1.165) is 12.1 Å². The van der Waals surface area contributed by atoms with Crippen LogP contribution < -0.4 is 0 Å². The fraction of sp³-hybridized carbons (Fsp3) is 0.290. The van der Waals surface area contributed by atoms with E-state index in [1.807, 2.05) is 12.1 Å². The van der Waals surface area contributed by atoms with Gasteiger partial charge in [-0.2, -0.15) is 4.31 Å². The van der Waals surface area contributed by atoms with Crippen molar-refractivity contribution in [2.45, 2.75) is 51.5 Å². The smallest absolute Gasteiger partial charge is 0.243 e. The molecule has 0 saturated heterocycles. The van der Waals surface area contributed by atoms with Gasteiger partial charge >= 0.3 is 0 Å². The van der Waals surface area contributed by atoms with Crippen LogP contribution in [0.2, 0.25) is 0 Å². The monoisotopic (exact) mass is 498 g/mol. The Kier molecular flexibility index (Phi) is 6.62. The number of nitrogens with zero attached hydrogens (tertiary/aromatic N) is 2. The summed E-state index contributed by atoms with van der Waals surface area (Å²) in [5.41, 5.74) is 8.67. The molecule has 186 valence electrons. The summed E-state index contributed by atoms with van der Waals surface area (Å²) in [6.07, 6.45) is 2.80. The quantitative estimate of drug-likeness (QED) is 0.290. The Morgan fingerprint density at radius 1 is 0.889 bits per heavy atom. The second-order valence-corrected chi connectivity index (χ2v) is 12.0. The van der Waals surface area contributed by atoms with Crippen molar-refractivity contribution in [3.05, 3.63) is 107 Å².